The van der Waals surface area contributed by atoms with Gasteiger partial charge in [-0.1, -0.05) is 24.1 Å². The molecule has 1 saturated carbocycles. The maximum Gasteiger partial charge on any atom is 0.257 e. The number of hydrazine groups is 1. The molecule has 0 unspecified atom stereocenters. The molecule has 3 N–H and O–H groups in total. The molecule has 1 aliphatic carbocycles. The first-order valence-electron chi connectivity index (χ1n) is 6.96. The van der Waals surface area contributed by atoms with Gasteiger partial charge < -0.3 is 5.32 Å². The summed E-state index contributed by atoms with van der Waals surface area (Å²) < 4.78 is 0. The average Bonchev–Trinajstić information content (AvgIpc) is 2.33. The first kappa shape index (κ1) is 14.4. The summed E-state index contributed by atoms with van der Waals surface area (Å²) in [7, 11) is 0. The molecule has 0 spiro atoms. The van der Waals surface area contributed by atoms with E-state index in [1.807, 2.05) is 26.0 Å². The van der Waals surface area contributed by atoms with Gasteiger partial charge in [0.2, 0.25) is 5.91 Å². The summed E-state index contributed by atoms with van der Waals surface area (Å²) in [6, 6.07) is 6.00. The molecule has 0 radical (unpaired) electrons. The van der Waals surface area contributed by atoms with E-state index in [0.717, 1.165) is 30.5 Å². The van der Waals surface area contributed by atoms with Gasteiger partial charge in [-0.15, -0.1) is 0 Å². The highest BCUT2D eigenvalue weighted by atomic mass is 16.2. The molecule has 108 valence electrons. The summed E-state index contributed by atoms with van der Waals surface area (Å²) in [6.07, 6.45) is 2.94. The van der Waals surface area contributed by atoms with Crippen molar-refractivity contribution in [2.45, 2.75) is 33.1 Å². The van der Waals surface area contributed by atoms with Crippen molar-refractivity contribution in [3.8, 4) is 0 Å². The van der Waals surface area contributed by atoms with Crippen LogP contribution in [0.25, 0.3) is 0 Å². The van der Waals surface area contributed by atoms with Crippen molar-refractivity contribution in [3.63, 3.8) is 0 Å². The van der Waals surface area contributed by atoms with E-state index in [9.17, 15) is 9.59 Å². The molecule has 2 rings (SSSR count). The van der Waals surface area contributed by atoms with Crippen LogP contribution < -0.4 is 16.2 Å². The zero-order valence-electron chi connectivity index (χ0n) is 12.0. The Balaban J connectivity index is 1.73. The fraction of sp³-hybridized carbons (Fsp3) is 0.467. The topological polar surface area (TPSA) is 70.2 Å². The van der Waals surface area contributed by atoms with Crippen LogP contribution >= 0.6 is 0 Å². The lowest BCUT2D eigenvalue weighted by Crippen LogP contribution is -2.47. The molecule has 5 heteroatoms. The van der Waals surface area contributed by atoms with Crippen LogP contribution in [0.3, 0.4) is 0 Å². The van der Waals surface area contributed by atoms with Crippen molar-refractivity contribution in [3.05, 3.63) is 29.3 Å². The Bertz CT molecular complexity index is 510. The second-order valence-corrected chi connectivity index (χ2v) is 5.34. The Morgan fingerprint density at radius 2 is 1.95 bits per heavy atom. The molecule has 0 bridgehead atoms. The van der Waals surface area contributed by atoms with Crippen molar-refractivity contribution < 1.29 is 9.59 Å². The van der Waals surface area contributed by atoms with E-state index in [1.165, 1.54) is 5.56 Å². The van der Waals surface area contributed by atoms with Crippen LogP contribution in [0.5, 0.6) is 0 Å². The highest BCUT2D eigenvalue weighted by Gasteiger charge is 2.25. The summed E-state index contributed by atoms with van der Waals surface area (Å²) in [5, 5.41) is 3.06. The first-order chi connectivity index (χ1) is 9.56. The molecule has 5 nitrogen and oxygen atoms in total. The number of benzene rings is 1. The van der Waals surface area contributed by atoms with E-state index in [-0.39, 0.29) is 24.3 Å². The highest BCUT2D eigenvalue weighted by Crippen LogP contribution is 2.25. The molecule has 1 aliphatic rings. The van der Waals surface area contributed by atoms with Gasteiger partial charge in [-0.2, -0.15) is 0 Å². The minimum absolute atomic E-state index is 0.0719. The largest absolute Gasteiger partial charge is 0.376 e. The third-order valence-electron chi connectivity index (χ3n) is 3.62. The van der Waals surface area contributed by atoms with Crippen LogP contribution in [0.2, 0.25) is 0 Å². The predicted octanol–water partition coefficient (Wildman–Crippen LogP) is 1.66. The van der Waals surface area contributed by atoms with Gasteiger partial charge in [-0.25, -0.2) is 0 Å². The van der Waals surface area contributed by atoms with Crippen LogP contribution in [0, 0.1) is 19.8 Å². The van der Waals surface area contributed by atoms with Gasteiger partial charge in [-0.3, -0.25) is 20.4 Å². The number of hydrogen-bond acceptors (Lipinski definition) is 3. The van der Waals surface area contributed by atoms with Crippen molar-refractivity contribution in [2.24, 2.45) is 5.92 Å². The molecule has 0 atom stereocenters. The number of carbonyl (C=O) groups is 2. The third kappa shape index (κ3) is 3.73. The Kier molecular flexibility index (Phi) is 4.61. The Morgan fingerprint density at radius 3 is 2.55 bits per heavy atom. The summed E-state index contributed by atoms with van der Waals surface area (Å²) in [6.45, 7) is 4.15. The van der Waals surface area contributed by atoms with Crippen molar-refractivity contribution >= 4 is 17.5 Å². The molecular weight excluding hydrogens is 254 g/mol. The van der Waals surface area contributed by atoms with Crippen LogP contribution in [-0.2, 0) is 9.59 Å². The predicted molar refractivity (Wildman–Crippen MR) is 78.0 cm³/mol. The second-order valence-electron chi connectivity index (χ2n) is 5.34. The standard InChI is InChI=1S/C15H21N3O2/c1-10-6-7-13(11(2)8-10)16-9-14(19)17-18-15(20)12-4-3-5-12/h6-8,12,16H,3-5,9H2,1-2H3,(H,17,19)(H,18,20). The minimum atomic E-state index is -0.252. The zero-order chi connectivity index (χ0) is 14.5. The number of carbonyl (C=O) groups excluding carboxylic acids is 2. The summed E-state index contributed by atoms with van der Waals surface area (Å²) in [4.78, 5) is 23.2. The maximum absolute atomic E-state index is 11.6. The van der Waals surface area contributed by atoms with Gasteiger partial charge in [0.05, 0.1) is 6.54 Å². The summed E-state index contributed by atoms with van der Waals surface area (Å²) in [5.74, 6) is -0.267. The van der Waals surface area contributed by atoms with Crippen LogP contribution in [0.1, 0.15) is 30.4 Å². The maximum atomic E-state index is 11.6. The molecule has 0 heterocycles. The SMILES string of the molecule is Cc1ccc(NCC(=O)NNC(=O)C2CCC2)c(C)c1. The van der Waals surface area contributed by atoms with E-state index in [0.29, 0.717) is 0 Å². The molecule has 2 amide bonds. The van der Waals surface area contributed by atoms with Gasteiger partial charge in [0, 0.05) is 11.6 Å². The number of aryl methyl sites for hydroxylation is 2. The number of nitrogens with one attached hydrogen (secondary N) is 3. The molecule has 0 aromatic heterocycles. The van der Waals surface area contributed by atoms with Gasteiger partial charge in [-0.05, 0) is 38.3 Å². The van der Waals surface area contributed by atoms with Crippen LogP contribution in [-0.4, -0.2) is 18.4 Å². The molecule has 20 heavy (non-hydrogen) atoms. The third-order valence-corrected chi connectivity index (χ3v) is 3.62. The quantitative estimate of drug-likeness (QED) is 0.732. The monoisotopic (exact) mass is 275 g/mol. The first-order valence-corrected chi connectivity index (χ1v) is 6.96. The Hall–Kier alpha value is -2.04. The lowest BCUT2D eigenvalue weighted by atomic mass is 9.85. The number of anilines is 1. The Morgan fingerprint density at radius 1 is 1.20 bits per heavy atom. The minimum Gasteiger partial charge on any atom is -0.376 e. The number of rotatable bonds is 4. The fourth-order valence-electron chi connectivity index (χ4n) is 2.14. The normalized spacial score (nSPS) is 14.3. The number of hydrogen-bond donors (Lipinski definition) is 3. The highest BCUT2D eigenvalue weighted by molar-refractivity contribution is 5.85. The zero-order valence-corrected chi connectivity index (χ0v) is 12.0. The van der Waals surface area contributed by atoms with Gasteiger partial charge >= 0.3 is 0 Å². The van der Waals surface area contributed by atoms with E-state index in [4.69, 9.17) is 0 Å². The fourth-order valence-corrected chi connectivity index (χ4v) is 2.14. The smallest absolute Gasteiger partial charge is 0.257 e. The average molecular weight is 275 g/mol. The molecule has 0 aliphatic heterocycles. The van der Waals surface area contributed by atoms with Gasteiger partial charge in [0.25, 0.3) is 5.91 Å². The molecular formula is C15H21N3O2. The van der Waals surface area contributed by atoms with E-state index < -0.39 is 0 Å². The Labute approximate surface area is 119 Å². The van der Waals surface area contributed by atoms with Crippen molar-refractivity contribution in [2.75, 3.05) is 11.9 Å². The van der Waals surface area contributed by atoms with Crippen molar-refractivity contribution in [1.82, 2.24) is 10.9 Å². The van der Waals surface area contributed by atoms with E-state index in [2.05, 4.69) is 22.2 Å². The summed E-state index contributed by atoms with van der Waals surface area (Å²) >= 11 is 0. The van der Waals surface area contributed by atoms with Crippen LogP contribution in [0.15, 0.2) is 18.2 Å². The summed E-state index contributed by atoms with van der Waals surface area (Å²) in [5.41, 5.74) is 8.10. The molecule has 0 saturated heterocycles. The number of amides is 2. The van der Waals surface area contributed by atoms with Gasteiger partial charge in [0.1, 0.15) is 0 Å². The van der Waals surface area contributed by atoms with Gasteiger partial charge in [0.15, 0.2) is 0 Å². The molecule has 1 aromatic rings. The molecule has 1 fully saturated rings. The second kappa shape index (κ2) is 6.41. The lowest BCUT2D eigenvalue weighted by molar-refractivity contribution is -0.132. The lowest BCUT2D eigenvalue weighted by Gasteiger charge is -2.24. The molecule has 1 aromatic carbocycles. The van der Waals surface area contributed by atoms with Crippen molar-refractivity contribution in [1.29, 1.82) is 0 Å². The van der Waals surface area contributed by atoms with E-state index in [1.54, 1.807) is 0 Å². The van der Waals surface area contributed by atoms with Crippen LogP contribution in [0.4, 0.5) is 5.69 Å². The van der Waals surface area contributed by atoms with E-state index >= 15 is 0 Å².